The van der Waals surface area contributed by atoms with Crippen molar-refractivity contribution in [2.24, 2.45) is 13.0 Å². The molecule has 0 bridgehead atoms. The van der Waals surface area contributed by atoms with Crippen LogP contribution in [0, 0.1) is 5.92 Å². The molecule has 7 heteroatoms. The Balaban J connectivity index is 1.67. The van der Waals surface area contributed by atoms with E-state index in [-0.39, 0.29) is 5.91 Å². The molecule has 1 N–H and O–H groups in total. The van der Waals surface area contributed by atoms with Crippen LogP contribution in [0.5, 0.6) is 0 Å². The van der Waals surface area contributed by atoms with Crippen LogP contribution in [0.2, 0.25) is 0 Å². The van der Waals surface area contributed by atoms with Gasteiger partial charge in [-0.3, -0.25) is 14.5 Å². The first-order valence-electron chi connectivity index (χ1n) is 7.93. The predicted molar refractivity (Wildman–Crippen MR) is 87.1 cm³/mol. The van der Waals surface area contributed by atoms with Gasteiger partial charge >= 0.3 is 0 Å². The van der Waals surface area contributed by atoms with E-state index >= 15 is 0 Å². The average Bonchev–Trinajstić information content (AvgIpc) is 3.01. The third kappa shape index (κ3) is 3.49. The summed E-state index contributed by atoms with van der Waals surface area (Å²) < 4.78 is 1.66. The monoisotopic (exact) mass is 314 g/mol. The minimum absolute atomic E-state index is 0.0655. The summed E-state index contributed by atoms with van der Waals surface area (Å²) in [6, 6.07) is 0. The summed E-state index contributed by atoms with van der Waals surface area (Å²) in [6.07, 6.45) is 9.77. The fraction of sp³-hybridized carbons (Fsp3) is 0.500. The van der Waals surface area contributed by atoms with Crippen molar-refractivity contribution >= 4 is 11.7 Å². The summed E-state index contributed by atoms with van der Waals surface area (Å²) in [5.74, 6) is 1.30. The van der Waals surface area contributed by atoms with Crippen molar-refractivity contribution in [1.82, 2.24) is 24.6 Å². The number of nitrogens with one attached hydrogen (secondary N) is 1. The third-order valence-corrected chi connectivity index (χ3v) is 4.25. The van der Waals surface area contributed by atoms with Gasteiger partial charge in [0.2, 0.25) is 0 Å². The Morgan fingerprint density at radius 3 is 2.96 bits per heavy atom. The molecule has 0 aliphatic carbocycles. The van der Waals surface area contributed by atoms with Crippen LogP contribution in [0.25, 0.3) is 0 Å². The molecular formula is C16H22N6O. The molecule has 122 valence electrons. The van der Waals surface area contributed by atoms with Crippen LogP contribution >= 0.6 is 0 Å². The predicted octanol–water partition coefficient (Wildman–Crippen LogP) is 1.35. The second kappa shape index (κ2) is 6.76. The van der Waals surface area contributed by atoms with Gasteiger partial charge in [0.15, 0.2) is 0 Å². The van der Waals surface area contributed by atoms with E-state index in [0.29, 0.717) is 11.5 Å². The van der Waals surface area contributed by atoms with Crippen molar-refractivity contribution in [3.63, 3.8) is 0 Å². The van der Waals surface area contributed by atoms with Crippen LogP contribution in [-0.4, -0.2) is 50.7 Å². The summed E-state index contributed by atoms with van der Waals surface area (Å²) in [4.78, 5) is 23.2. The molecule has 0 spiro atoms. The molecule has 1 unspecified atom stereocenters. The van der Waals surface area contributed by atoms with Crippen LogP contribution < -0.4 is 5.32 Å². The van der Waals surface area contributed by atoms with Gasteiger partial charge in [-0.1, -0.05) is 0 Å². The molecule has 1 aliphatic rings. The third-order valence-electron chi connectivity index (χ3n) is 4.25. The van der Waals surface area contributed by atoms with Gasteiger partial charge in [0.25, 0.3) is 5.91 Å². The molecule has 1 amide bonds. The van der Waals surface area contributed by atoms with Gasteiger partial charge in [0, 0.05) is 45.8 Å². The van der Waals surface area contributed by atoms with E-state index in [1.807, 2.05) is 19.0 Å². The minimum Gasteiger partial charge on any atom is -0.372 e. The molecule has 7 nitrogen and oxygen atoms in total. The normalized spacial score (nSPS) is 18.0. The van der Waals surface area contributed by atoms with E-state index in [2.05, 4.69) is 20.4 Å². The number of carbonyl (C=O) groups is 1. The zero-order valence-electron chi connectivity index (χ0n) is 13.6. The largest absolute Gasteiger partial charge is 0.372 e. The van der Waals surface area contributed by atoms with Crippen molar-refractivity contribution in [3.8, 4) is 0 Å². The highest BCUT2D eigenvalue weighted by atomic mass is 16.2. The number of carbonyl (C=O) groups excluding carboxylic acids is 1. The summed E-state index contributed by atoms with van der Waals surface area (Å²) in [6.45, 7) is 1.57. The van der Waals surface area contributed by atoms with Gasteiger partial charge in [0.1, 0.15) is 5.82 Å². The number of nitrogens with zero attached hydrogens (tertiary/aromatic N) is 5. The Morgan fingerprint density at radius 2 is 2.22 bits per heavy atom. The highest BCUT2D eigenvalue weighted by Crippen LogP contribution is 2.23. The summed E-state index contributed by atoms with van der Waals surface area (Å²) in [7, 11) is 3.68. The lowest BCUT2D eigenvalue weighted by atomic mass is 9.93. The fourth-order valence-electron chi connectivity index (χ4n) is 3.13. The smallest absolute Gasteiger partial charge is 0.257 e. The van der Waals surface area contributed by atoms with E-state index in [1.54, 1.807) is 29.5 Å². The average molecular weight is 314 g/mol. The molecule has 23 heavy (non-hydrogen) atoms. The number of hydrogen-bond donors (Lipinski definition) is 1. The maximum absolute atomic E-state index is 12.6. The van der Waals surface area contributed by atoms with Gasteiger partial charge in [-0.25, -0.2) is 4.98 Å². The second-order valence-electron chi connectivity index (χ2n) is 5.97. The zero-order valence-corrected chi connectivity index (χ0v) is 13.6. The Kier molecular flexibility index (Phi) is 4.55. The molecule has 2 aromatic heterocycles. The number of amides is 1. The zero-order chi connectivity index (χ0) is 16.2. The Labute approximate surface area is 135 Å². The molecule has 1 fully saturated rings. The second-order valence-corrected chi connectivity index (χ2v) is 5.97. The number of aryl methyl sites for hydroxylation is 1. The molecule has 0 radical (unpaired) electrons. The summed E-state index contributed by atoms with van der Waals surface area (Å²) in [5, 5.41) is 7.17. The number of aromatic nitrogens is 4. The SMILES string of the molecule is CNc1nccnc1CC1CCCN(C(=O)c2cnn(C)c2)C1. The van der Waals surface area contributed by atoms with Crippen molar-refractivity contribution < 1.29 is 4.79 Å². The lowest BCUT2D eigenvalue weighted by molar-refractivity contribution is 0.0673. The van der Waals surface area contributed by atoms with Crippen molar-refractivity contribution in [3.05, 3.63) is 36.0 Å². The lowest BCUT2D eigenvalue weighted by Crippen LogP contribution is -2.40. The van der Waals surface area contributed by atoms with Crippen molar-refractivity contribution in [2.45, 2.75) is 19.3 Å². The molecule has 0 saturated carbocycles. The molecule has 0 aromatic carbocycles. The van der Waals surface area contributed by atoms with E-state index in [0.717, 1.165) is 43.9 Å². The van der Waals surface area contributed by atoms with E-state index in [4.69, 9.17) is 0 Å². The highest BCUT2D eigenvalue weighted by Gasteiger charge is 2.26. The van der Waals surface area contributed by atoms with Crippen LogP contribution in [0.4, 0.5) is 5.82 Å². The van der Waals surface area contributed by atoms with Gasteiger partial charge < -0.3 is 10.2 Å². The van der Waals surface area contributed by atoms with Crippen LogP contribution in [0.1, 0.15) is 28.9 Å². The van der Waals surface area contributed by atoms with Crippen LogP contribution in [0.3, 0.4) is 0 Å². The van der Waals surface area contributed by atoms with Crippen molar-refractivity contribution in [2.75, 3.05) is 25.5 Å². The number of likely N-dealkylation sites (tertiary alicyclic amines) is 1. The highest BCUT2D eigenvalue weighted by molar-refractivity contribution is 5.93. The van der Waals surface area contributed by atoms with Crippen LogP contribution in [0.15, 0.2) is 24.8 Å². The first kappa shape index (κ1) is 15.5. The molecule has 3 heterocycles. The summed E-state index contributed by atoms with van der Waals surface area (Å²) in [5.41, 5.74) is 1.62. The van der Waals surface area contributed by atoms with E-state index in [9.17, 15) is 4.79 Å². The number of hydrogen-bond acceptors (Lipinski definition) is 5. The van der Waals surface area contributed by atoms with Crippen molar-refractivity contribution in [1.29, 1.82) is 0 Å². The van der Waals surface area contributed by atoms with E-state index < -0.39 is 0 Å². The quantitative estimate of drug-likeness (QED) is 0.922. The maximum atomic E-state index is 12.6. The first-order valence-corrected chi connectivity index (χ1v) is 7.93. The molecular weight excluding hydrogens is 292 g/mol. The van der Waals surface area contributed by atoms with Gasteiger partial charge in [-0.15, -0.1) is 0 Å². The fourth-order valence-corrected chi connectivity index (χ4v) is 3.13. The Morgan fingerprint density at radius 1 is 1.39 bits per heavy atom. The summed E-state index contributed by atoms with van der Waals surface area (Å²) >= 11 is 0. The standard InChI is InChI=1S/C16H22N6O/c1-17-15-14(18-5-6-19-15)8-12-4-3-7-22(10-12)16(23)13-9-20-21(2)11-13/h5-6,9,11-12H,3-4,7-8,10H2,1-2H3,(H,17,19). The van der Waals surface area contributed by atoms with Gasteiger partial charge in [0.05, 0.1) is 17.5 Å². The van der Waals surface area contributed by atoms with Gasteiger partial charge in [-0.2, -0.15) is 5.10 Å². The van der Waals surface area contributed by atoms with E-state index in [1.165, 1.54) is 0 Å². The van der Waals surface area contributed by atoms with Gasteiger partial charge in [-0.05, 0) is 25.2 Å². The van der Waals surface area contributed by atoms with Crippen LogP contribution in [-0.2, 0) is 13.5 Å². The topological polar surface area (TPSA) is 75.9 Å². The molecule has 1 aliphatic heterocycles. The number of anilines is 1. The minimum atomic E-state index is 0.0655. The molecule has 1 saturated heterocycles. The maximum Gasteiger partial charge on any atom is 0.257 e. The number of rotatable bonds is 4. The lowest BCUT2D eigenvalue weighted by Gasteiger charge is -2.32. The number of piperidine rings is 1. The molecule has 1 atom stereocenters. The molecule has 3 rings (SSSR count). The molecule has 2 aromatic rings. The Hall–Kier alpha value is -2.44. The Bertz CT molecular complexity index is 683. The first-order chi connectivity index (χ1) is 11.2.